The van der Waals surface area contributed by atoms with E-state index in [0.29, 0.717) is 18.7 Å². The minimum atomic E-state index is -0.420. The van der Waals surface area contributed by atoms with Gasteiger partial charge in [0.05, 0.1) is 5.56 Å². The van der Waals surface area contributed by atoms with Crippen molar-refractivity contribution in [3.63, 3.8) is 0 Å². The van der Waals surface area contributed by atoms with E-state index in [1.165, 1.54) is 6.20 Å². The van der Waals surface area contributed by atoms with Crippen LogP contribution in [-0.4, -0.2) is 40.8 Å². The van der Waals surface area contributed by atoms with E-state index in [1.54, 1.807) is 24.1 Å². The Labute approximate surface area is 99.8 Å². The molecular formula is C12H15N3O2. The predicted molar refractivity (Wildman–Crippen MR) is 62.5 cm³/mol. The molecule has 2 amide bonds. The van der Waals surface area contributed by atoms with Gasteiger partial charge in [-0.05, 0) is 25.5 Å². The Morgan fingerprint density at radius 2 is 2.29 bits per heavy atom. The Morgan fingerprint density at radius 1 is 1.53 bits per heavy atom. The molecule has 90 valence electrons. The van der Waals surface area contributed by atoms with Crippen LogP contribution < -0.4 is 5.32 Å². The van der Waals surface area contributed by atoms with Crippen LogP contribution in [0, 0.1) is 6.92 Å². The molecule has 0 aliphatic carbocycles. The maximum absolute atomic E-state index is 12.2. The zero-order valence-corrected chi connectivity index (χ0v) is 9.93. The first-order chi connectivity index (χ1) is 8.09. The Balaban J connectivity index is 2.22. The van der Waals surface area contributed by atoms with Gasteiger partial charge in [0.1, 0.15) is 6.04 Å². The number of pyridine rings is 1. The summed E-state index contributed by atoms with van der Waals surface area (Å²) in [7, 11) is 0. The van der Waals surface area contributed by atoms with Gasteiger partial charge in [-0.3, -0.25) is 14.6 Å². The molecule has 0 saturated carbocycles. The molecule has 1 unspecified atom stereocenters. The monoisotopic (exact) mass is 233 g/mol. The van der Waals surface area contributed by atoms with Crippen LogP contribution in [-0.2, 0) is 4.79 Å². The first-order valence-electron chi connectivity index (χ1n) is 5.60. The number of aromatic nitrogens is 1. The number of nitrogens with zero attached hydrogens (tertiary/aromatic N) is 2. The van der Waals surface area contributed by atoms with Gasteiger partial charge in [-0.15, -0.1) is 0 Å². The maximum atomic E-state index is 12.2. The number of amides is 2. The predicted octanol–water partition coefficient (Wildman–Crippen LogP) is 0.351. The number of hydrogen-bond donors (Lipinski definition) is 1. The lowest BCUT2D eigenvalue weighted by atomic mass is 10.1. The van der Waals surface area contributed by atoms with Crippen LogP contribution >= 0.6 is 0 Å². The Kier molecular flexibility index (Phi) is 3.08. The largest absolute Gasteiger partial charge is 0.353 e. The minimum absolute atomic E-state index is 0.106. The van der Waals surface area contributed by atoms with Crippen LogP contribution in [0.1, 0.15) is 22.8 Å². The van der Waals surface area contributed by atoms with E-state index >= 15 is 0 Å². The highest BCUT2D eigenvalue weighted by Crippen LogP contribution is 2.11. The Bertz CT molecular complexity index is 459. The van der Waals surface area contributed by atoms with E-state index in [-0.39, 0.29) is 11.8 Å². The number of rotatable bonds is 1. The van der Waals surface area contributed by atoms with Crippen LogP contribution in [0.15, 0.2) is 18.5 Å². The number of hydrogen-bond acceptors (Lipinski definition) is 3. The molecule has 1 saturated heterocycles. The van der Waals surface area contributed by atoms with Gasteiger partial charge in [-0.2, -0.15) is 0 Å². The molecule has 1 aromatic rings. The summed E-state index contributed by atoms with van der Waals surface area (Å²) in [6.45, 7) is 4.67. The van der Waals surface area contributed by atoms with Crippen molar-refractivity contribution >= 4 is 11.8 Å². The van der Waals surface area contributed by atoms with Crippen LogP contribution in [0.4, 0.5) is 0 Å². The van der Waals surface area contributed by atoms with Crippen molar-refractivity contribution in [3.8, 4) is 0 Å². The molecule has 1 aliphatic heterocycles. The number of piperazine rings is 1. The number of aryl methyl sites for hydroxylation is 1. The number of carbonyl (C=O) groups excluding carboxylic acids is 2. The molecule has 1 atom stereocenters. The summed E-state index contributed by atoms with van der Waals surface area (Å²) in [4.78, 5) is 29.3. The van der Waals surface area contributed by atoms with Crippen molar-refractivity contribution in [3.05, 3.63) is 29.6 Å². The molecule has 2 rings (SSSR count). The molecule has 2 heterocycles. The summed E-state index contributed by atoms with van der Waals surface area (Å²) in [5.41, 5.74) is 1.47. The summed E-state index contributed by atoms with van der Waals surface area (Å²) < 4.78 is 0. The average Bonchev–Trinajstić information content (AvgIpc) is 2.32. The topological polar surface area (TPSA) is 62.3 Å². The van der Waals surface area contributed by atoms with Crippen molar-refractivity contribution in [2.24, 2.45) is 0 Å². The van der Waals surface area contributed by atoms with E-state index in [1.807, 2.05) is 6.92 Å². The van der Waals surface area contributed by atoms with Gasteiger partial charge in [-0.1, -0.05) is 0 Å². The fraction of sp³-hybridized carbons (Fsp3) is 0.417. The first kappa shape index (κ1) is 11.6. The van der Waals surface area contributed by atoms with Gasteiger partial charge >= 0.3 is 0 Å². The van der Waals surface area contributed by atoms with Crippen LogP contribution in [0.2, 0.25) is 0 Å². The highest BCUT2D eigenvalue weighted by Gasteiger charge is 2.29. The quantitative estimate of drug-likeness (QED) is 0.761. The lowest BCUT2D eigenvalue weighted by molar-refractivity contribution is -0.127. The molecule has 1 N–H and O–H groups in total. The normalized spacial score (nSPS) is 20.0. The molecule has 0 aromatic carbocycles. The lowest BCUT2D eigenvalue weighted by Gasteiger charge is -2.32. The van der Waals surface area contributed by atoms with E-state index in [0.717, 1.165) is 5.56 Å². The van der Waals surface area contributed by atoms with Gasteiger partial charge in [0.25, 0.3) is 5.91 Å². The smallest absolute Gasteiger partial charge is 0.256 e. The molecule has 0 radical (unpaired) electrons. The summed E-state index contributed by atoms with van der Waals surface area (Å²) in [5.74, 6) is -0.242. The molecule has 1 fully saturated rings. The van der Waals surface area contributed by atoms with E-state index < -0.39 is 6.04 Å². The van der Waals surface area contributed by atoms with Crippen LogP contribution in [0.25, 0.3) is 0 Å². The number of nitrogens with one attached hydrogen (secondary N) is 1. The third kappa shape index (κ3) is 2.27. The lowest BCUT2D eigenvalue weighted by Crippen LogP contribution is -2.55. The summed E-state index contributed by atoms with van der Waals surface area (Å²) in [5, 5.41) is 2.73. The van der Waals surface area contributed by atoms with E-state index in [4.69, 9.17) is 0 Å². The molecule has 1 aliphatic rings. The minimum Gasteiger partial charge on any atom is -0.353 e. The third-order valence-electron chi connectivity index (χ3n) is 2.88. The van der Waals surface area contributed by atoms with Crippen LogP contribution in [0.5, 0.6) is 0 Å². The molecule has 17 heavy (non-hydrogen) atoms. The van der Waals surface area contributed by atoms with Crippen molar-refractivity contribution in [2.75, 3.05) is 13.1 Å². The standard InChI is InChI=1S/C12H15N3O2/c1-8-5-10(7-13-6-8)12(17)15-4-3-14-11(16)9(15)2/h5-7,9H,3-4H2,1-2H3,(H,14,16). The maximum Gasteiger partial charge on any atom is 0.256 e. The van der Waals surface area contributed by atoms with Crippen molar-refractivity contribution < 1.29 is 9.59 Å². The fourth-order valence-corrected chi connectivity index (χ4v) is 1.90. The first-order valence-corrected chi connectivity index (χ1v) is 5.60. The molecule has 1 aromatic heterocycles. The second kappa shape index (κ2) is 4.53. The van der Waals surface area contributed by atoms with Crippen molar-refractivity contribution in [2.45, 2.75) is 19.9 Å². The molecule has 5 heteroatoms. The molecular weight excluding hydrogens is 218 g/mol. The summed E-state index contributed by atoms with van der Waals surface area (Å²) in [6, 6.07) is 1.37. The van der Waals surface area contributed by atoms with Gasteiger partial charge in [0.15, 0.2) is 0 Å². The summed E-state index contributed by atoms with van der Waals surface area (Å²) in [6.07, 6.45) is 3.23. The van der Waals surface area contributed by atoms with Crippen LogP contribution in [0.3, 0.4) is 0 Å². The van der Waals surface area contributed by atoms with Gasteiger partial charge in [0, 0.05) is 25.5 Å². The van der Waals surface area contributed by atoms with Gasteiger partial charge in [-0.25, -0.2) is 0 Å². The Hall–Kier alpha value is -1.91. The molecule has 0 bridgehead atoms. The molecule has 5 nitrogen and oxygen atoms in total. The van der Waals surface area contributed by atoms with E-state index in [2.05, 4.69) is 10.3 Å². The van der Waals surface area contributed by atoms with Gasteiger partial charge in [0.2, 0.25) is 5.91 Å². The number of carbonyl (C=O) groups is 2. The summed E-state index contributed by atoms with van der Waals surface area (Å²) >= 11 is 0. The second-order valence-corrected chi connectivity index (χ2v) is 4.22. The third-order valence-corrected chi connectivity index (χ3v) is 2.88. The molecule has 0 spiro atoms. The Morgan fingerprint density at radius 3 is 3.00 bits per heavy atom. The highest BCUT2D eigenvalue weighted by molar-refractivity contribution is 5.97. The highest BCUT2D eigenvalue weighted by atomic mass is 16.2. The second-order valence-electron chi connectivity index (χ2n) is 4.22. The van der Waals surface area contributed by atoms with Crippen molar-refractivity contribution in [1.29, 1.82) is 0 Å². The van der Waals surface area contributed by atoms with Gasteiger partial charge < -0.3 is 10.2 Å². The average molecular weight is 233 g/mol. The van der Waals surface area contributed by atoms with E-state index in [9.17, 15) is 9.59 Å². The fourth-order valence-electron chi connectivity index (χ4n) is 1.90. The zero-order chi connectivity index (χ0) is 12.4. The van der Waals surface area contributed by atoms with Crippen molar-refractivity contribution in [1.82, 2.24) is 15.2 Å². The SMILES string of the molecule is Cc1cncc(C(=O)N2CCNC(=O)C2C)c1. The zero-order valence-electron chi connectivity index (χ0n) is 9.93.